The normalized spacial score (nSPS) is 14.6. The molecule has 2 rings (SSSR count). The first kappa shape index (κ1) is 12.3. The second-order valence-corrected chi connectivity index (χ2v) is 3.96. The van der Waals surface area contributed by atoms with Crippen molar-refractivity contribution in [2.24, 2.45) is 4.99 Å². The van der Waals surface area contributed by atoms with E-state index in [-0.39, 0.29) is 11.3 Å². The van der Waals surface area contributed by atoms with E-state index in [0.717, 1.165) is 43.8 Å². The van der Waals surface area contributed by atoms with E-state index in [0.29, 0.717) is 0 Å². The molecular formula is C12H12F2N4. The summed E-state index contributed by atoms with van der Waals surface area (Å²) < 4.78 is 26.8. The van der Waals surface area contributed by atoms with Crippen LogP contribution in [0.4, 0.5) is 14.5 Å². The summed E-state index contributed by atoms with van der Waals surface area (Å²) in [4.78, 5) is 4.20. The van der Waals surface area contributed by atoms with E-state index in [1.54, 1.807) is 6.07 Å². The Balaban J connectivity index is 2.08. The van der Waals surface area contributed by atoms with Gasteiger partial charge in [0, 0.05) is 19.0 Å². The summed E-state index contributed by atoms with van der Waals surface area (Å²) in [5, 5.41) is 8.56. The lowest BCUT2D eigenvalue weighted by Crippen LogP contribution is -2.31. The van der Waals surface area contributed by atoms with Crippen molar-refractivity contribution in [2.45, 2.75) is 19.3 Å². The molecule has 0 radical (unpaired) electrons. The first-order valence-electron chi connectivity index (χ1n) is 5.65. The van der Waals surface area contributed by atoms with Crippen LogP contribution in [0.1, 0.15) is 24.8 Å². The van der Waals surface area contributed by atoms with Crippen molar-refractivity contribution in [1.29, 1.82) is 5.26 Å². The number of halogens is 2. The van der Waals surface area contributed by atoms with Gasteiger partial charge < -0.3 is 0 Å². The molecule has 94 valence electrons. The minimum Gasteiger partial charge on any atom is -0.297 e. The Bertz CT molecular complexity index is 520. The Labute approximate surface area is 103 Å². The minimum absolute atomic E-state index is 0.0419. The number of anilines is 1. The van der Waals surface area contributed by atoms with E-state index < -0.39 is 11.6 Å². The Morgan fingerprint density at radius 1 is 1.17 bits per heavy atom. The lowest BCUT2D eigenvalue weighted by Gasteiger charge is -2.15. The Hall–Kier alpha value is -2.16. The standard InChI is InChI=1S/C12H12F2N4/c13-9-6-11(10(14)5-8(9)7-15)17-18-12-3-1-2-4-16-12/h5-6,17H,1-4H2,(H,16,18). The molecule has 0 saturated carbocycles. The SMILES string of the molecule is N#Cc1cc(F)c(NNC2=NCCCC2)cc1F. The summed E-state index contributed by atoms with van der Waals surface area (Å²) in [6.07, 6.45) is 2.86. The van der Waals surface area contributed by atoms with Gasteiger partial charge in [0.1, 0.15) is 23.5 Å². The van der Waals surface area contributed by atoms with E-state index in [9.17, 15) is 8.78 Å². The van der Waals surface area contributed by atoms with Gasteiger partial charge in [0.15, 0.2) is 0 Å². The van der Waals surface area contributed by atoms with E-state index in [1.165, 1.54) is 0 Å². The summed E-state index contributed by atoms with van der Waals surface area (Å²) in [7, 11) is 0. The number of nitrogens with zero attached hydrogens (tertiary/aromatic N) is 2. The van der Waals surface area contributed by atoms with Crippen LogP contribution >= 0.6 is 0 Å². The molecule has 1 aliphatic rings. The van der Waals surface area contributed by atoms with Crippen LogP contribution in [0.5, 0.6) is 0 Å². The zero-order valence-corrected chi connectivity index (χ0v) is 9.63. The van der Waals surface area contributed by atoms with Gasteiger partial charge in [0.2, 0.25) is 0 Å². The van der Waals surface area contributed by atoms with Crippen LogP contribution in [0, 0.1) is 23.0 Å². The van der Waals surface area contributed by atoms with Gasteiger partial charge in [0.25, 0.3) is 0 Å². The third-order valence-corrected chi connectivity index (χ3v) is 2.64. The van der Waals surface area contributed by atoms with Crippen LogP contribution in [-0.4, -0.2) is 12.4 Å². The maximum absolute atomic E-state index is 13.5. The number of hydrogen-bond acceptors (Lipinski definition) is 4. The lowest BCUT2D eigenvalue weighted by atomic mass is 10.2. The second-order valence-electron chi connectivity index (χ2n) is 3.96. The topological polar surface area (TPSA) is 60.2 Å². The van der Waals surface area contributed by atoms with Gasteiger partial charge in [-0.3, -0.25) is 15.8 Å². The van der Waals surface area contributed by atoms with Crippen molar-refractivity contribution in [3.05, 3.63) is 29.3 Å². The van der Waals surface area contributed by atoms with E-state index in [4.69, 9.17) is 5.26 Å². The third-order valence-electron chi connectivity index (χ3n) is 2.64. The van der Waals surface area contributed by atoms with E-state index in [2.05, 4.69) is 15.8 Å². The van der Waals surface area contributed by atoms with Gasteiger partial charge in [-0.1, -0.05) is 0 Å². The summed E-state index contributed by atoms with van der Waals surface area (Å²) in [6, 6.07) is 3.39. The van der Waals surface area contributed by atoms with Crippen LogP contribution in [0.25, 0.3) is 0 Å². The van der Waals surface area contributed by atoms with Crippen LogP contribution in [0.2, 0.25) is 0 Å². The molecule has 0 saturated heterocycles. The quantitative estimate of drug-likeness (QED) is 0.792. The summed E-state index contributed by atoms with van der Waals surface area (Å²) >= 11 is 0. The molecule has 0 bridgehead atoms. The smallest absolute Gasteiger partial charge is 0.149 e. The Morgan fingerprint density at radius 2 is 2.00 bits per heavy atom. The van der Waals surface area contributed by atoms with Crippen molar-refractivity contribution in [1.82, 2.24) is 5.43 Å². The van der Waals surface area contributed by atoms with Crippen LogP contribution < -0.4 is 10.9 Å². The molecule has 0 amide bonds. The molecule has 0 atom stereocenters. The molecule has 0 spiro atoms. The van der Waals surface area contributed by atoms with Gasteiger partial charge in [0.05, 0.1) is 11.3 Å². The zero-order chi connectivity index (χ0) is 13.0. The predicted octanol–water partition coefficient (Wildman–Crippen LogP) is 2.34. The van der Waals surface area contributed by atoms with Gasteiger partial charge in [-0.05, 0) is 18.9 Å². The van der Waals surface area contributed by atoms with Crippen molar-refractivity contribution >= 4 is 11.5 Å². The van der Waals surface area contributed by atoms with Crippen molar-refractivity contribution < 1.29 is 8.78 Å². The number of aliphatic imine (C=N–C) groups is 1. The maximum Gasteiger partial charge on any atom is 0.149 e. The molecule has 0 aromatic heterocycles. The molecule has 1 aromatic carbocycles. The van der Waals surface area contributed by atoms with Crippen molar-refractivity contribution in [3.8, 4) is 6.07 Å². The average molecular weight is 250 g/mol. The van der Waals surface area contributed by atoms with Crippen LogP contribution in [0.15, 0.2) is 17.1 Å². The molecule has 0 aliphatic carbocycles. The summed E-state index contributed by atoms with van der Waals surface area (Å²) in [5.41, 5.74) is 4.97. The average Bonchev–Trinajstić information content (AvgIpc) is 2.40. The number of rotatable bonds is 2. The fourth-order valence-corrected chi connectivity index (χ4v) is 1.67. The highest BCUT2D eigenvalue weighted by molar-refractivity contribution is 5.83. The number of amidine groups is 1. The Kier molecular flexibility index (Phi) is 3.72. The Morgan fingerprint density at radius 3 is 2.67 bits per heavy atom. The fraction of sp³-hybridized carbons (Fsp3) is 0.333. The fourth-order valence-electron chi connectivity index (χ4n) is 1.67. The minimum atomic E-state index is -0.756. The highest BCUT2D eigenvalue weighted by Gasteiger charge is 2.10. The first-order valence-corrected chi connectivity index (χ1v) is 5.65. The van der Waals surface area contributed by atoms with Crippen LogP contribution in [-0.2, 0) is 0 Å². The first-order chi connectivity index (χ1) is 8.70. The molecule has 0 fully saturated rings. The second kappa shape index (κ2) is 5.45. The highest BCUT2D eigenvalue weighted by Crippen LogP contribution is 2.18. The molecule has 1 aromatic rings. The largest absolute Gasteiger partial charge is 0.297 e. The maximum atomic E-state index is 13.5. The number of hydrogen-bond donors (Lipinski definition) is 2. The molecule has 1 aliphatic heterocycles. The van der Waals surface area contributed by atoms with Crippen molar-refractivity contribution in [3.63, 3.8) is 0 Å². The number of nitriles is 1. The molecule has 18 heavy (non-hydrogen) atoms. The van der Waals surface area contributed by atoms with Gasteiger partial charge >= 0.3 is 0 Å². The third kappa shape index (κ3) is 2.74. The molecule has 4 nitrogen and oxygen atoms in total. The van der Waals surface area contributed by atoms with E-state index in [1.807, 2.05) is 0 Å². The molecule has 2 N–H and O–H groups in total. The number of benzene rings is 1. The lowest BCUT2D eigenvalue weighted by molar-refractivity contribution is 0.598. The van der Waals surface area contributed by atoms with Crippen LogP contribution in [0.3, 0.4) is 0 Å². The predicted molar refractivity (Wildman–Crippen MR) is 64.0 cm³/mol. The van der Waals surface area contributed by atoms with Gasteiger partial charge in [-0.25, -0.2) is 8.78 Å². The zero-order valence-electron chi connectivity index (χ0n) is 9.63. The number of nitrogens with one attached hydrogen (secondary N) is 2. The van der Waals surface area contributed by atoms with Gasteiger partial charge in [-0.2, -0.15) is 5.26 Å². The van der Waals surface area contributed by atoms with E-state index >= 15 is 0 Å². The number of hydrazine groups is 1. The molecular weight excluding hydrogens is 238 g/mol. The van der Waals surface area contributed by atoms with Gasteiger partial charge in [-0.15, -0.1) is 0 Å². The molecule has 6 heteroatoms. The monoisotopic (exact) mass is 250 g/mol. The van der Waals surface area contributed by atoms with Crippen molar-refractivity contribution in [2.75, 3.05) is 12.0 Å². The summed E-state index contributed by atoms with van der Waals surface area (Å²) in [5.74, 6) is -0.712. The highest BCUT2D eigenvalue weighted by atomic mass is 19.1. The molecule has 1 heterocycles. The summed E-state index contributed by atoms with van der Waals surface area (Å²) in [6.45, 7) is 0.744. The molecule has 0 unspecified atom stereocenters.